The smallest absolute Gasteiger partial charge is 0.237 e. The predicted octanol–water partition coefficient (Wildman–Crippen LogP) is 2.46. The van der Waals surface area contributed by atoms with E-state index >= 15 is 0 Å². The van der Waals surface area contributed by atoms with Crippen LogP contribution in [0.2, 0.25) is 0 Å². The summed E-state index contributed by atoms with van der Waals surface area (Å²) < 4.78 is 11.1. The lowest BCUT2D eigenvalue weighted by Gasteiger charge is -2.26. The van der Waals surface area contributed by atoms with Crippen molar-refractivity contribution in [2.75, 3.05) is 24.7 Å². The third kappa shape index (κ3) is 2.23. The van der Waals surface area contributed by atoms with Gasteiger partial charge in [-0.3, -0.25) is 4.79 Å². The lowest BCUT2D eigenvalue weighted by molar-refractivity contribution is -0.179. The van der Waals surface area contributed by atoms with E-state index in [-0.39, 0.29) is 12.2 Å². The molecule has 0 radical (unpaired) electrons. The summed E-state index contributed by atoms with van der Waals surface area (Å²) >= 11 is 0. The highest BCUT2D eigenvalue weighted by atomic mass is 16.7. The lowest BCUT2D eigenvalue weighted by atomic mass is 9.86. The summed E-state index contributed by atoms with van der Waals surface area (Å²) in [6, 6.07) is 8.03. The fourth-order valence-corrected chi connectivity index (χ4v) is 2.96. The van der Waals surface area contributed by atoms with Crippen LogP contribution in [0.15, 0.2) is 24.3 Å². The highest BCUT2D eigenvalue weighted by Crippen LogP contribution is 2.41. The van der Waals surface area contributed by atoms with Gasteiger partial charge >= 0.3 is 0 Å². The predicted molar refractivity (Wildman–Crippen MR) is 76.7 cm³/mol. The van der Waals surface area contributed by atoms with E-state index in [9.17, 15) is 4.79 Å². The van der Waals surface area contributed by atoms with Crippen molar-refractivity contribution in [1.82, 2.24) is 0 Å². The maximum absolute atomic E-state index is 12.6. The molecular formula is C16H21NO3. The quantitative estimate of drug-likeness (QED) is 0.850. The van der Waals surface area contributed by atoms with Crippen LogP contribution in [0.5, 0.6) is 0 Å². The number of hydrogen-bond donors (Lipinski definition) is 0. The van der Waals surface area contributed by atoms with Gasteiger partial charge in [-0.15, -0.1) is 0 Å². The molecule has 2 aliphatic heterocycles. The minimum absolute atomic E-state index is 0.162. The maximum atomic E-state index is 12.6. The van der Waals surface area contributed by atoms with E-state index in [0.717, 1.165) is 37.3 Å². The molecule has 1 aromatic carbocycles. The molecule has 0 saturated carbocycles. The van der Waals surface area contributed by atoms with Crippen molar-refractivity contribution in [3.8, 4) is 0 Å². The normalized spacial score (nSPS) is 22.1. The van der Waals surface area contributed by atoms with Gasteiger partial charge in [-0.05, 0) is 31.9 Å². The van der Waals surface area contributed by atoms with Gasteiger partial charge in [0.15, 0.2) is 6.29 Å². The second-order valence-corrected chi connectivity index (χ2v) is 5.91. The molecule has 1 aromatic rings. The Morgan fingerprint density at radius 2 is 1.95 bits per heavy atom. The van der Waals surface area contributed by atoms with Gasteiger partial charge in [-0.1, -0.05) is 18.2 Å². The van der Waals surface area contributed by atoms with Gasteiger partial charge in [0.25, 0.3) is 0 Å². The van der Waals surface area contributed by atoms with Gasteiger partial charge in [0, 0.05) is 18.7 Å². The first-order chi connectivity index (χ1) is 9.60. The molecule has 2 heterocycles. The number of hydrogen-bond acceptors (Lipinski definition) is 3. The molecule has 1 amide bonds. The van der Waals surface area contributed by atoms with Crippen molar-refractivity contribution >= 4 is 11.6 Å². The zero-order chi connectivity index (χ0) is 14.2. The van der Waals surface area contributed by atoms with Crippen molar-refractivity contribution < 1.29 is 14.3 Å². The van der Waals surface area contributed by atoms with Crippen LogP contribution in [0.1, 0.15) is 32.3 Å². The Morgan fingerprint density at radius 1 is 1.25 bits per heavy atom. The van der Waals surface area contributed by atoms with E-state index in [0.29, 0.717) is 6.54 Å². The largest absolute Gasteiger partial charge is 0.353 e. The number of anilines is 1. The van der Waals surface area contributed by atoms with E-state index in [2.05, 4.69) is 0 Å². The highest BCUT2D eigenvalue weighted by Gasteiger charge is 2.43. The molecule has 0 unspecified atom stereocenters. The minimum atomic E-state index is -0.440. The number of amides is 1. The summed E-state index contributed by atoms with van der Waals surface area (Å²) in [5, 5.41) is 0. The average molecular weight is 275 g/mol. The molecule has 108 valence electrons. The minimum Gasteiger partial charge on any atom is -0.353 e. The first kappa shape index (κ1) is 13.6. The SMILES string of the molecule is CC1(C)C(=O)N(CCC2OCCCO2)c2ccccc21. The molecule has 0 atom stereocenters. The van der Waals surface area contributed by atoms with Crippen LogP contribution in [-0.2, 0) is 19.7 Å². The van der Waals surface area contributed by atoms with Gasteiger partial charge < -0.3 is 14.4 Å². The van der Waals surface area contributed by atoms with E-state index in [1.54, 1.807) is 0 Å². The van der Waals surface area contributed by atoms with Gasteiger partial charge in [-0.25, -0.2) is 0 Å². The molecule has 2 aliphatic rings. The van der Waals surface area contributed by atoms with Gasteiger partial charge in [0.1, 0.15) is 0 Å². The number of ether oxygens (including phenoxy) is 2. The van der Waals surface area contributed by atoms with Crippen LogP contribution >= 0.6 is 0 Å². The van der Waals surface area contributed by atoms with Crippen LogP contribution in [0, 0.1) is 0 Å². The number of rotatable bonds is 3. The Kier molecular flexibility index (Phi) is 3.52. The fraction of sp³-hybridized carbons (Fsp3) is 0.562. The molecule has 0 aliphatic carbocycles. The third-order valence-corrected chi connectivity index (χ3v) is 4.13. The number of fused-ring (bicyclic) bond motifs is 1. The lowest BCUT2D eigenvalue weighted by Crippen LogP contribution is -2.38. The second-order valence-electron chi connectivity index (χ2n) is 5.91. The first-order valence-corrected chi connectivity index (χ1v) is 7.25. The molecule has 0 bridgehead atoms. The standard InChI is InChI=1S/C16H21NO3/c1-16(2)12-6-3-4-7-13(12)17(15(16)18)9-8-14-19-10-5-11-20-14/h3-4,6-7,14H,5,8-11H2,1-2H3. The average Bonchev–Trinajstić information content (AvgIpc) is 2.67. The van der Waals surface area contributed by atoms with Crippen molar-refractivity contribution in [3.63, 3.8) is 0 Å². The molecule has 0 aromatic heterocycles. The Bertz CT molecular complexity index is 506. The second kappa shape index (κ2) is 5.19. The zero-order valence-corrected chi connectivity index (χ0v) is 12.1. The molecular weight excluding hydrogens is 254 g/mol. The summed E-state index contributed by atoms with van der Waals surface area (Å²) in [6.45, 7) is 6.12. The summed E-state index contributed by atoms with van der Waals surface area (Å²) in [5.74, 6) is 0.162. The molecule has 4 nitrogen and oxygen atoms in total. The summed E-state index contributed by atoms with van der Waals surface area (Å²) in [4.78, 5) is 14.5. The van der Waals surface area contributed by atoms with Gasteiger partial charge in [0.2, 0.25) is 5.91 Å². The van der Waals surface area contributed by atoms with Crippen LogP contribution < -0.4 is 4.90 Å². The first-order valence-electron chi connectivity index (χ1n) is 7.25. The number of carbonyl (C=O) groups excluding carboxylic acids is 1. The van der Waals surface area contributed by atoms with E-state index in [1.165, 1.54) is 0 Å². The van der Waals surface area contributed by atoms with Crippen LogP contribution in [0.4, 0.5) is 5.69 Å². The van der Waals surface area contributed by atoms with Crippen LogP contribution in [0.25, 0.3) is 0 Å². The van der Waals surface area contributed by atoms with Gasteiger partial charge in [0.05, 0.1) is 18.6 Å². The number of benzene rings is 1. The Labute approximate surface area is 119 Å². The zero-order valence-electron chi connectivity index (χ0n) is 12.1. The molecule has 1 fully saturated rings. The highest BCUT2D eigenvalue weighted by molar-refractivity contribution is 6.07. The Balaban J connectivity index is 1.75. The van der Waals surface area contributed by atoms with E-state index in [1.807, 2.05) is 43.0 Å². The van der Waals surface area contributed by atoms with Crippen molar-refractivity contribution in [1.29, 1.82) is 0 Å². The number of para-hydroxylation sites is 1. The monoisotopic (exact) mass is 275 g/mol. The maximum Gasteiger partial charge on any atom is 0.237 e. The Hall–Kier alpha value is -1.39. The van der Waals surface area contributed by atoms with Crippen LogP contribution in [-0.4, -0.2) is 32.0 Å². The molecule has 0 spiro atoms. The van der Waals surface area contributed by atoms with Crippen molar-refractivity contribution in [3.05, 3.63) is 29.8 Å². The summed E-state index contributed by atoms with van der Waals surface area (Å²) in [6.07, 6.45) is 1.50. The molecule has 1 saturated heterocycles. The van der Waals surface area contributed by atoms with Crippen LogP contribution in [0.3, 0.4) is 0 Å². The van der Waals surface area contributed by atoms with Crippen molar-refractivity contribution in [2.45, 2.75) is 38.4 Å². The van der Waals surface area contributed by atoms with E-state index in [4.69, 9.17) is 9.47 Å². The number of nitrogens with zero attached hydrogens (tertiary/aromatic N) is 1. The Morgan fingerprint density at radius 3 is 2.70 bits per heavy atom. The fourth-order valence-electron chi connectivity index (χ4n) is 2.96. The molecule has 3 rings (SSSR count). The molecule has 0 N–H and O–H groups in total. The summed E-state index contributed by atoms with van der Waals surface area (Å²) in [7, 11) is 0. The van der Waals surface area contributed by atoms with E-state index < -0.39 is 5.41 Å². The molecule has 20 heavy (non-hydrogen) atoms. The summed E-state index contributed by atoms with van der Waals surface area (Å²) in [5.41, 5.74) is 1.69. The topological polar surface area (TPSA) is 38.8 Å². The van der Waals surface area contributed by atoms with Gasteiger partial charge in [-0.2, -0.15) is 0 Å². The van der Waals surface area contributed by atoms with Crippen molar-refractivity contribution in [2.24, 2.45) is 0 Å². The molecule has 4 heteroatoms. The number of carbonyl (C=O) groups is 1. The third-order valence-electron chi connectivity index (χ3n) is 4.13.